The smallest absolute Gasteiger partial charge is 0.256 e. The first kappa shape index (κ1) is 22.0. The SMILES string of the molecule is Cc1cc(C)n(C(C)C(=O)Nc2ccc(NC(=O)c3cc(F)ccc3Br)cc2Cl)n1. The van der Waals surface area contributed by atoms with Crippen molar-refractivity contribution in [3.8, 4) is 0 Å². The van der Waals surface area contributed by atoms with Gasteiger partial charge in [-0.3, -0.25) is 14.3 Å². The maximum Gasteiger partial charge on any atom is 0.256 e. The van der Waals surface area contributed by atoms with E-state index in [9.17, 15) is 14.0 Å². The van der Waals surface area contributed by atoms with Gasteiger partial charge < -0.3 is 10.6 Å². The van der Waals surface area contributed by atoms with Crippen LogP contribution in [0.5, 0.6) is 0 Å². The monoisotopic (exact) mass is 492 g/mol. The van der Waals surface area contributed by atoms with Crippen molar-refractivity contribution in [3.05, 3.63) is 74.7 Å². The van der Waals surface area contributed by atoms with Crippen LogP contribution in [0.4, 0.5) is 15.8 Å². The van der Waals surface area contributed by atoms with E-state index in [2.05, 4.69) is 31.7 Å². The minimum Gasteiger partial charge on any atom is -0.323 e. The summed E-state index contributed by atoms with van der Waals surface area (Å²) in [5, 5.41) is 10.0. The van der Waals surface area contributed by atoms with Gasteiger partial charge in [0, 0.05) is 15.9 Å². The molecule has 2 N–H and O–H groups in total. The predicted molar refractivity (Wildman–Crippen MR) is 119 cm³/mol. The summed E-state index contributed by atoms with van der Waals surface area (Å²) in [5.41, 5.74) is 2.67. The number of carbonyl (C=O) groups is 2. The fraction of sp³-hybridized carbons (Fsp3) is 0.190. The van der Waals surface area contributed by atoms with Gasteiger partial charge in [-0.2, -0.15) is 5.10 Å². The fourth-order valence-corrected chi connectivity index (χ4v) is 3.61. The molecule has 0 aliphatic carbocycles. The Kier molecular flexibility index (Phi) is 6.58. The zero-order chi connectivity index (χ0) is 22.0. The van der Waals surface area contributed by atoms with E-state index in [1.54, 1.807) is 23.7 Å². The molecular weight excluding hydrogens is 475 g/mol. The topological polar surface area (TPSA) is 76.0 Å². The van der Waals surface area contributed by atoms with Gasteiger partial charge >= 0.3 is 0 Å². The Morgan fingerprint density at radius 3 is 2.50 bits per heavy atom. The number of benzene rings is 2. The Hall–Kier alpha value is -2.71. The molecule has 1 aromatic heterocycles. The van der Waals surface area contributed by atoms with Crippen molar-refractivity contribution in [2.24, 2.45) is 0 Å². The molecule has 156 valence electrons. The van der Waals surface area contributed by atoms with Crippen LogP contribution >= 0.6 is 27.5 Å². The molecule has 0 fully saturated rings. The number of rotatable bonds is 5. The van der Waals surface area contributed by atoms with Crippen LogP contribution in [0.1, 0.15) is 34.7 Å². The van der Waals surface area contributed by atoms with Crippen LogP contribution in [0.25, 0.3) is 0 Å². The summed E-state index contributed by atoms with van der Waals surface area (Å²) in [6.45, 7) is 5.49. The van der Waals surface area contributed by atoms with Crippen molar-refractivity contribution in [1.82, 2.24) is 9.78 Å². The normalized spacial score (nSPS) is 11.8. The lowest BCUT2D eigenvalue weighted by atomic mass is 10.2. The lowest BCUT2D eigenvalue weighted by molar-refractivity contribution is -0.119. The summed E-state index contributed by atoms with van der Waals surface area (Å²) in [4.78, 5) is 25.0. The van der Waals surface area contributed by atoms with Gasteiger partial charge in [-0.15, -0.1) is 0 Å². The highest BCUT2D eigenvalue weighted by Crippen LogP contribution is 2.27. The van der Waals surface area contributed by atoms with Gasteiger partial charge in [0.05, 0.1) is 22.0 Å². The zero-order valence-corrected chi connectivity index (χ0v) is 18.8. The second-order valence-corrected chi connectivity index (χ2v) is 8.07. The van der Waals surface area contributed by atoms with Crippen molar-refractivity contribution in [3.63, 3.8) is 0 Å². The van der Waals surface area contributed by atoms with Gasteiger partial charge in [0.2, 0.25) is 5.91 Å². The first-order valence-electron chi connectivity index (χ1n) is 9.05. The van der Waals surface area contributed by atoms with E-state index in [0.29, 0.717) is 15.8 Å². The quantitative estimate of drug-likeness (QED) is 0.492. The summed E-state index contributed by atoms with van der Waals surface area (Å²) in [5.74, 6) is -1.29. The van der Waals surface area contributed by atoms with Gasteiger partial charge in [0.15, 0.2) is 0 Å². The van der Waals surface area contributed by atoms with Crippen molar-refractivity contribution >= 4 is 50.7 Å². The molecule has 2 aromatic carbocycles. The van der Waals surface area contributed by atoms with Crippen molar-refractivity contribution in [2.75, 3.05) is 10.6 Å². The van der Waals surface area contributed by atoms with Gasteiger partial charge in [-0.1, -0.05) is 11.6 Å². The van der Waals surface area contributed by atoms with Crippen LogP contribution in [0, 0.1) is 19.7 Å². The van der Waals surface area contributed by atoms with Crippen LogP contribution in [-0.2, 0) is 4.79 Å². The molecular formula is C21H19BrClFN4O2. The molecule has 0 spiro atoms. The van der Waals surface area contributed by atoms with Crippen LogP contribution < -0.4 is 10.6 Å². The Labute approximate surface area is 186 Å². The molecule has 3 aromatic rings. The molecule has 9 heteroatoms. The highest BCUT2D eigenvalue weighted by atomic mass is 79.9. The van der Waals surface area contributed by atoms with Crippen molar-refractivity contribution in [1.29, 1.82) is 0 Å². The highest BCUT2D eigenvalue weighted by Gasteiger charge is 2.19. The molecule has 0 radical (unpaired) electrons. The minimum atomic E-state index is -0.528. The standard InChI is InChI=1S/C21H19BrClFN4O2/c1-11-8-12(2)28(27-11)13(3)20(29)26-19-7-5-15(10-18(19)23)25-21(30)16-9-14(24)4-6-17(16)22/h4-10,13H,1-3H3,(H,25,30)(H,26,29). The number of aromatic nitrogens is 2. The first-order valence-corrected chi connectivity index (χ1v) is 10.2. The number of hydrogen-bond donors (Lipinski definition) is 2. The zero-order valence-electron chi connectivity index (χ0n) is 16.5. The molecule has 0 aliphatic rings. The number of halogens is 3. The molecule has 0 bridgehead atoms. The summed E-state index contributed by atoms with van der Waals surface area (Å²) in [6.07, 6.45) is 0. The number of anilines is 2. The Balaban J connectivity index is 1.72. The lowest BCUT2D eigenvalue weighted by Gasteiger charge is -2.16. The average Bonchev–Trinajstić information content (AvgIpc) is 3.03. The van der Waals surface area contributed by atoms with Crippen molar-refractivity contribution < 1.29 is 14.0 Å². The van der Waals surface area contributed by atoms with Gasteiger partial charge in [0.1, 0.15) is 11.9 Å². The molecule has 1 heterocycles. The van der Waals surface area contributed by atoms with Crippen LogP contribution in [-0.4, -0.2) is 21.6 Å². The summed E-state index contributed by atoms with van der Waals surface area (Å²) in [6, 6.07) is 9.91. The number of amides is 2. The number of hydrogen-bond acceptors (Lipinski definition) is 3. The number of nitrogens with one attached hydrogen (secondary N) is 2. The second kappa shape index (κ2) is 8.97. The Morgan fingerprint density at radius 2 is 1.87 bits per heavy atom. The average molecular weight is 494 g/mol. The summed E-state index contributed by atoms with van der Waals surface area (Å²) >= 11 is 9.52. The van der Waals surface area contributed by atoms with E-state index in [4.69, 9.17) is 11.6 Å². The van der Waals surface area contributed by atoms with E-state index < -0.39 is 17.8 Å². The number of carbonyl (C=O) groups excluding carboxylic acids is 2. The third kappa shape index (κ3) is 4.88. The lowest BCUT2D eigenvalue weighted by Crippen LogP contribution is -2.25. The largest absolute Gasteiger partial charge is 0.323 e. The van der Waals surface area contributed by atoms with E-state index >= 15 is 0 Å². The molecule has 3 rings (SSSR count). The van der Waals surface area contributed by atoms with Crippen LogP contribution in [0.2, 0.25) is 5.02 Å². The van der Waals surface area contributed by atoms with Crippen molar-refractivity contribution in [2.45, 2.75) is 26.8 Å². The molecule has 1 atom stereocenters. The van der Waals surface area contributed by atoms with Gasteiger partial charge in [0.25, 0.3) is 5.91 Å². The van der Waals surface area contributed by atoms with E-state index in [1.807, 2.05) is 19.9 Å². The Morgan fingerprint density at radius 1 is 1.13 bits per heavy atom. The molecule has 0 aliphatic heterocycles. The molecule has 0 saturated heterocycles. The first-order chi connectivity index (χ1) is 14.2. The van der Waals surface area contributed by atoms with Gasteiger partial charge in [-0.25, -0.2) is 4.39 Å². The molecule has 1 unspecified atom stereocenters. The third-order valence-electron chi connectivity index (χ3n) is 4.45. The summed E-state index contributed by atoms with van der Waals surface area (Å²) < 4.78 is 15.5. The highest BCUT2D eigenvalue weighted by molar-refractivity contribution is 9.10. The second-order valence-electron chi connectivity index (χ2n) is 6.81. The molecule has 6 nitrogen and oxygen atoms in total. The number of nitrogens with zero attached hydrogens (tertiary/aromatic N) is 2. The van der Waals surface area contributed by atoms with E-state index in [1.165, 1.54) is 18.2 Å². The van der Waals surface area contributed by atoms with Crippen LogP contribution in [0.15, 0.2) is 46.9 Å². The molecule has 30 heavy (non-hydrogen) atoms. The van der Waals surface area contributed by atoms with Gasteiger partial charge in [-0.05, 0) is 79.2 Å². The Bertz CT molecular complexity index is 1130. The minimum absolute atomic E-state index is 0.155. The fourth-order valence-electron chi connectivity index (χ4n) is 2.95. The van der Waals surface area contributed by atoms with E-state index in [0.717, 1.165) is 17.5 Å². The van der Waals surface area contributed by atoms with E-state index in [-0.39, 0.29) is 16.5 Å². The summed E-state index contributed by atoms with van der Waals surface area (Å²) in [7, 11) is 0. The third-order valence-corrected chi connectivity index (χ3v) is 5.45. The maximum atomic E-state index is 13.4. The number of aryl methyl sites for hydroxylation is 2. The molecule has 2 amide bonds. The predicted octanol–water partition coefficient (Wildman–Crippen LogP) is 5.51. The molecule has 0 saturated carbocycles. The van der Waals surface area contributed by atoms with Crippen LogP contribution in [0.3, 0.4) is 0 Å². The maximum absolute atomic E-state index is 13.4.